The average molecular weight is 398 g/mol. The van der Waals surface area contributed by atoms with E-state index in [1.54, 1.807) is 6.92 Å². The first-order valence-corrected chi connectivity index (χ1v) is 10.4. The van der Waals surface area contributed by atoms with Crippen molar-refractivity contribution in [2.45, 2.75) is 97.7 Å². The molecule has 0 aliphatic heterocycles. The molecular formula is C20H39BN2O5. The van der Waals surface area contributed by atoms with E-state index in [4.69, 9.17) is 0 Å². The molecule has 0 aliphatic carbocycles. The van der Waals surface area contributed by atoms with Crippen LogP contribution in [0.25, 0.3) is 0 Å². The second-order valence-electron chi connectivity index (χ2n) is 7.94. The third-order valence-electron chi connectivity index (χ3n) is 4.58. The van der Waals surface area contributed by atoms with Crippen LogP contribution in [0.4, 0.5) is 0 Å². The van der Waals surface area contributed by atoms with Crippen molar-refractivity contribution in [3.05, 3.63) is 11.6 Å². The van der Waals surface area contributed by atoms with Crippen molar-refractivity contribution in [2.75, 3.05) is 0 Å². The van der Waals surface area contributed by atoms with Gasteiger partial charge in [0.15, 0.2) is 0 Å². The molecule has 0 aromatic carbocycles. The van der Waals surface area contributed by atoms with Gasteiger partial charge in [-0.3, -0.25) is 9.59 Å². The van der Waals surface area contributed by atoms with Crippen LogP contribution < -0.4 is 10.6 Å². The van der Waals surface area contributed by atoms with Crippen LogP contribution in [0.1, 0.15) is 79.6 Å². The molecule has 7 nitrogen and oxygen atoms in total. The van der Waals surface area contributed by atoms with Gasteiger partial charge in [-0.25, -0.2) is 0 Å². The first kappa shape index (κ1) is 26.6. The van der Waals surface area contributed by atoms with Gasteiger partial charge in [0.1, 0.15) is 6.04 Å². The van der Waals surface area contributed by atoms with Crippen molar-refractivity contribution >= 4 is 18.9 Å². The van der Waals surface area contributed by atoms with Crippen molar-refractivity contribution in [1.82, 2.24) is 10.6 Å². The zero-order valence-electron chi connectivity index (χ0n) is 18.1. The fourth-order valence-electron chi connectivity index (χ4n) is 2.85. The Balaban J connectivity index is 4.77. The SMILES string of the molecule is CCCCCCC/C=C(\C)C(=O)N[C@H](C(=O)N[C@@H](CC(C)C)B(O)O)[C@@H](C)O. The summed E-state index contributed by atoms with van der Waals surface area (Å²) in [5.41, 5.74) is 0.495. The number of unbranched alkanes of at least 4 members (excludes halogenated alkanes) is 5. The number of rotatable bonds is 14. The molecule has 0 rings (SSSR count). The molecule has 28 heavy (non-hydrogen) atoms. The summed E-state index contributed by atoms with van der Waals surface area (Å²) in [5.74, 6) is -1.80. The minimum atomic E-state index is -1.72. The number of aliphatic hydroxyl groups excluding tert-OH is 1. The molecular weight excluding hydrogens is 359 g/mol. The molecule has 2 amide bonds. The molecule has 0 spiro atoms. The molecule has 0 aromatic rings. The monoisotopic (exact) mass is 398 g/mol. The number of hydrogen-bond acceptors (Lipinski definition) is 5. The van der Waals surface area contributed by atoms with Crippen LogP contribution in [-0.4, -0.2) is 52.2 Å². The molecule has 3 atom stereocenters. The summed E-state index contributed by atoms with van der Waals surface area (Å²) in [4.78, 5) is 24.8. The predicted octanol–water partition coefficient (Wildman–Crippen LogP) is 1.70. The maximum absolute atomic E-state index is 12.5. The molecule has 162 valence electrons. The molecule has 0 unspecified atom stereocenters. The van der Waals surface area contributed by atoms with E-state index in [1.165, 1.54) is 26.2 Å². The summed E-state index contributed by atoms with van der Waals surface area (Å²) >= 11 is 0. The highest BCUT2D eigenvalue weighted by molar-refractivity contribution is 6.43. The van der Waals surface area contributed by atoms with Gasteiger partial charge >= 0.3 is 7.12 Å². The van der Waals surface area contributed by atoms with Crippen LogP contribution in [-0.2, 0) is 9.59 Å². The molecule has 0 radical (unpaired) electrons. The van der Waals surface area contributed by atoms with E-state index < -0.39 is 37.0 Å². The molecule has 0 aliphatic rings. The third-order valence-corrected chi connectivity index (χ3v) is 4.58. The van der Waals surface area contributed by atoms with Gasteiger partial charge in [0.2, 0.25) is 11.8 Å². The fourth-order valence-corrected chi connectivity index (χ4v) is 2.85. The Morgan fingerprint density at radius 3 is 2.14 bits per heavy atom. The number of nitrogens with one attached hydrogen (secondary N) is 2. The second-order valence-corrected chi connectivity index (χ2v) is 7.94. The smallest absolute Gasteiger partial charge is 0.426 e. The summed E-state index contributed by atoms with van der Waals surface area (Å²) in [6.07, 6.45) is 7.60. The maximum Gasteiger partial charge on any atom is 0.475 e. The molecule has 0 saturated heterocycles. The van der Waals surface area contributed by atoms with Gasteiger partial charge < -0.3 is 25.8 Å². The van der Waals surface area contributed by atoms with Crippen LogP contribution in [0.15, 0.2) is 11.6 Å². The highest BCUT2D eigenvalue weighted by Gasteiger charge is 2.32. The maximum atomic E-state index is 12.5. The Morgan fingerprint density at radius 1 is 1.04 bits per heavy atom. The van der Waals surface area contributed by atoms with Gasteiger partial charge in [-0.2, -0.15) is 0 Å². The Bertz CT molecular complexity index is 495. The van der Waals surface area contributed by atoms with Crippen molar-refractivity contribution in [3.8, 4) is 0 Å². The van der Waals surface area contributed by atoms with E-state index in [-0.39, 0.29) is 5.92 Å². The largest absolute Gasteiger partial charge is 0.475 e. The fraction of sp³-hybridized carbons (Fsp3) is 0.800. The topological polar surface area (TPSA) is 119 Å². The molecule has 0 bridgehead atoms. The highest BCUT2D eigenvalue weighted by Crippen LogP contribution is 2.09. The molecule has 5 N–H and O–H groups in total. The lowest BCUT2D eigenvalue weighted by Crippen LogP contribution is -2.57. The normalized spacial score (nSPS) is 15.1. The number of hydrogen-bond donors (Lipinski definition) is 5. The standard InChI is InChI=1S/C20H39BN2O5/c1-6-7-8-9-10-11-12-15(4)19(25)23-18(16(5)24)20(26)22-17(21(27)28)13-14(2)3/h12,14,16-18,24,27-28H,6-11,13H2,1-5H3,(H,22,26)(H,23,25)/b15-12+/t16-,17+,18+/m1/s1. The van der Waals surface area contributed by atoms with E-state index in [1.807, 2.05) is 19.9 Å². The number of aliphatic hydroxyl groups is 1. The minimum Gasteiger partial charge on any atom is -0.426 e. The molecule has 0 aromatic heterocycles. The van der Waals surface area contributed by atoms with Gasteiger partial charge in [0.25, 0.3) is 0 Å². The van der Waals surface area contributed by atoms with Gasteiger partial charge in [-0.05, 0) is 39.0 Å². The lowest BCUT2D eigenvalue weighted by molar-refractivity contribution is -0.130. The van der Waals surface area contributed by atoms with Gasteiger partial charge in [-0.15, -0.1) is 0 Å². The molecule has 8 heteroatoms. The molecule has 0 heterocycles. The van der Waals surface area contributed by atoms with E-state index in [0.29, 0.717) is 12.0 Å². The van der Waals surface area contributed by atoms with Gasteiger partial charge in [0.05, 0.1) is 12.0 Å². The van der Waals surface area contributed by atoms with Crippen molar-refractivity contribution in [3.63, 3.8) is 0 Å². The summed E-state index contributed by atoms with van der Waals surface area (Å²) in [7, 11) is -1.72. The second kappa shape index (κ2) is 14.6. The van der Waals surface area contributed by atoms with E-state index in [9.17, 15) is 24.7 Å². The molecule has 0 saturated carbocycles. The zero-order chi connectivity index (χ0) is 21.7. The highest BCUT2D eigenvalue weighted by atomic mass is 16.4. The van der Waals surface area contributed by atoms with Gasteiger partial charge in [-0.1, -0.05) is 52.5 Å². The zero-order valence-corrected chi connectivity index (χ0v) is 18.1. The third kappa shape index (κ3) is 11.5. The van der Waals surface area contributed by atoms with E-state index >= 15 is 0 Å². The van der Waals surface area contributed by atoms with E-state index in [0.717, 1.165) is 19.3 Å². The van der Waals surface area contributed by atoms with Gasteiger partial charge in [0, 0.05) is 5.57 Å². The van der Waals surface area contributed by atoms with Crippen molar-refractivity contribution in [1.29, 1.82) is 0 Å². The summed E-state index contributed by atoms with van der Waals surface area (Å²) in [6.45, 7) is 9.04. The summed E-state index contributed by atoms with van der Waals surface area (Å²) in [6, 6.07) is -1.17. The minimum absolute atomic E-state index is 0.134. The van der Waals surface area contributed by atoms with Crippen LogP contribution in [0.3, 0.4) is 0 Å². The van der Waals surface area contributed by atoms with Crippen LogP contribution >= 0.6 is 0 Å². The Labute approximate surface area is 170 Å². The predicted molar refractivity (Wildman–Crippen MR) is 112 cm³/mol. The first-order valence-electron chi connectivity index (χ1n) is 10.4. The lowest BCUT2D eigenvalue weighted by Gasteiger charge is -2.25. The van der Waals surface area contributed by atoms with Crippen LogP contribution in [0.5, 0.6) is 0 Å². The number of carbonyl (C=O) groups excluding carboxylic acids is 2. The number of allylic oxidation sites excluding steroid dienone is 1. The van der Waals surface area contributed by atoms with Crippen LogP contribution in [0, 0.1) is 5.92 Å². The quantitative estimate of drug-likeness (QED) is 0.173. The Kier molecular flexibility index (Phi) is 13.9. The first-order chi connectivity index (χ1) is 13.1. The van der Waals surface area contributed by atoms with Crippen molar-refractivity contribution in [2.24, 2.45) is 5.92 Å². The van der Waals surface area contributed by atoms with Crippen molar-refractivity contribution < 1.29 is 24.7 Å². The Morgan fingerprint density at radius 2 is 1.64 bits per heavy atom. The summed E-state index contributed by atoms with van der Waals surface area (Å²) < 4.78 is 0. The number of carbonyl (C=O) groups is 2. The lowest BCUT2D eigenvalue weighted by atomic mass is 9.75. The van der Waals surface area contributed by atoms with E-state index in [2.05, 4.69) is 17.6 Å². The van der Waals surface area contributed by atoms with Crippen LogP contribution in [0.2, 0.25) is 0 Å². The average Bonchev–Trinajstić information content (AvgIpc) is 2.60. The summed E-state index contributed by atoms with van der Waals surface area (Å²) in [5, 5.41) is 33.9. The Hall–Kier alpha value is -1.38. The number of amides is 2. The molecule has 0 fully saturated rings.